The first-order valence-electron chi connectivity index (χ1n) is 4.52. The minimum absolute atomic E-state index is 0.0829. The average Bonchev–Trinajstić information content (AvgIpc) is 2.10. The van der Waals surface area contributed by atoms with Gasteiger partial charge >= 0.3 is 5.97 Å². The second-order valence-corrected chi connectivity index (χ2v) is 3.00. The highest BCUT2D eigenvalue weighted by atomic mass is 16.5. The van der Waals surface area contributed by atoms with Crippen LogP contribution in [0.15, 0.2) is 24.3 Å². The molecule has 0 radical (unpaired) electrons. The molecular weight excluding hydrogens is 164 g/mol. The van der Waals surface area contributed by atoms with Crippen LogP contribution in [0.3, 0.4) is 0 Å². The molecule has 0 saturated carbocycles. The van der Waals surface area contributed by atoms with Crippen LogP contribution in [0.5, 0.6) is 0 Å². The number of hydrogen-bond donors (Lipinski definition) is 0. The molecule has 0 saturated heterocycles. The smallest absolute Gasteiger partial charge is 0.303 e. The number of esters is 1. The molecule has 0 fully saturated rings. The Kier molecular flexibility index (Phi) is 5.94. The van der Waals surface area contributed by atoms with Crippen LogP contribution in [-0.4, -0.2) is 12.1 Å². The molecule has 0 rings (SSSR count). The van der Waals surface area contributed by atoms with Crippen LogP contribution in [0.2, 0.25) is 0 Å². The zero-order valence-electron chi connectivity index (χ0n) is 8.67. The van der Waals surface area contributed by atoms with E-state index in [-0.39, 0.29) is 12.1 Å². The SMILES string of the molecule is C=CCCC(OC(C)=O)/C(C)=C/C. The van der Waals surface area contributed by atoms with Crippen molar-refractivity contribution < 1.29 is 9.53 Å². The summed E-state index contributed by atoms with van der Waals surface area (Å²) in [5, 5.41) is 0. The van der Waals surface area contributed by atoms with Gasteiger partial charge in [-0.2, -0.15) is 0 Å². The van der Waals surface area contributed by atoms with E-state index in [1.165, 1.54) is 6.92 Å². The van der Waals surface area contributed by atoms with Crippen molar-refractivity contribution in [1.82, 2.24) is 0 Å². The summed E-state index contributed by atoms with van der Waals surface area (Å²) in [5.74, 6) is -0.227. The van der Waals surface area contributed by atoms with Crippen molar-refractivity contribution in [3.8, 4) is 0 Å². The molecule has 2 nitrogen and oxygen atoms in total. The Bertz CT molecular complexity index is 204. The summed E-state index contributed by atoms with van der Waals surface area (Å²) in [6.45, 7) is 8.98. The van der Waals surface area contributed by atoms with Gasteiger partial charge in [-0.25, -0.2) is 0 Å². The Hall–Kier alpha value is -1.05. The van der Waals surface area contributed by atoms with Gasteiger partial charge in [-0.15, -0.1) is 6.58 Å². The van der Waals surface area contributed by atoms with E-state index in [9.17, 15) is 4.79 Å². The zero-order valence-corrected chi connectivity index (χ0v) is 8.67. The first-order chi connectivity index (χ1) is 6.11. The Morgan fingerprint density at radius 3 is 2.54 bits per heavy atom. The summed E-state index contributed by atoms with van der Waals surface area (Å²) in [6, 6.07) is 0. The first-order valence-corrected chi connectivity index (χ1v) is 4.52. The van der Waals surface area contributed by atoms with Gasteiger partial charge in [0.1, 0.15) is 6.10 Å². The van der Waals surface area contributed by atoms with E-state index < -0.39 is 0 Å². The van der Waals surface area contributed by atoms with E-state index in [4.69, 9.17) is 4.74 Å². The number of rotatable bonds is 5. The van der Waals surface area contributed by atoms with Crippen molar-refractivity contribution >= 4 is 5.97 Å². The van der Waals surface area contributed by atoms with Crippen molar-refractivity contribution in [3.63, 3.8) is 0 Å². The highest BCUT2D eigenvalue weighted by Gasteiger charge is 2.11. The maximum absolute atomic E-state index is 10.8. The zero-order chi connectivity index (χ0) is 10.3. The average molecular weight is 182 g/mol. The molecule has 0 aromatic rings. The largest absolute Gasteiger partial charge is 0.458 e. The Labute approximate surface area is 80.3 Å². The number of hydrogen-bond acceptors (Lipinski definition) is 2. The van der Waals surface area contributed by atoms with Gasteiger partial charge in [-0.05, 0) is 32.3 Å². The third kappa shape index (κ3) is 5.23. The second-order valence-electron chi connectivity index (χ2n) is 3.00. The number of ether oxygens (including phenoxy) is 1. The van der Waals surface area contributed by atoms with Crippen LogP contribution >= 0.6 is 0 Å². The van der Waals surface area contributed by atoms with Crippen molar-refractivity contribution in [3.05, 3.63) is 24.3 Å². The Balaban J connectivity index is 4.18. The number of carbonyl (C=O) groups excluding carboxylic acids is 1. The summed E-state index contributed by atoms with van der Waals surface area (Å²) >= 11 is 0. The lowest BCUT2D eigenvalue weighted by Crippen LogP contribution is -2.17. The summed E-state index contributed by atoms with van der Waals surface area (Å²) in [4.78, 5) is 10.8. The fraction of sp³-hybridized carbons (Fsp3) is 0.545. The van der Waals surface area contributed by atoms with E-state index in [1.807, 2.05) is 26.0 Å². The molecule has 0 spiro atoms. The lowest BCUT2D eigenvalue weighted by Gasteiger charge is -2.16. The monoisotopic (exact) mass is 182 g/mol. The van der Waals surface area contributed by atoms with Crippen molar-refractivity contribution in [2.75, 3.05) is 0 Å². The van der Waals surface area contributed by atoms with Crippen LogP contribution < -0.4 is 0 Å². The molecule has 2 heteroatoms. The van der Waals surface area contributed by atoms with Crippen molar-refractivity contribution in [2.45, 2.75) is 39.7 Å². The van der Waals surface area contributed by atoms with Gasteiger partial charge in [0.05, 0.1) is 0 Å². The normalized spacial score (nSPS) is 13.6. The van der Waals surface area contributed by atoms with E-state index in [2.05, 4.69) is 6.58 Å². The molecule has 0 aliphatic carbocycles. The van der Waals surface area contributed by atoms with E-state index in [1.54, 1.807) is 0 Å². The quantitative estimate of drug-likeness (QED) is 0.482. The van der Waals surface area contributed by atoms with Gasteiger partial charge in [-0.1, -0.05) is 12.2 Å². The van der Waals surface area contributed by atoms with Crippen LogP contribution in [0, 0.1) is 0 Å². The summed E-state index contributed by atoms with van der Waals surface area (Å²) in [5.41, 5.74) is 1.09. The minimum Gasteiger partial charge on any atom is -0.458 e. The molecule has 13 heavy (non-hydrogen) atoms. The molecule has 0 N–H and O–H groups in total. The maximum atomic E-state index is 10.8. The number of allylic oxidation sites excluding steroid dienone is 2. The van der Waals surface area contributed by atoms with Gasteiger partial charge in [0, 0.05) is 6.92 Å². The molecule has 74 valence electrons. The van der Waals surface area contributed by atoms with Gasteiger partial charge in [0.25, 0.3) is 0 Å². The fourth-order valence-electron chi connectivity index (χ4n) is 1.03. The molecule has 1 atom stereocenters. The highest BCUT2D eigenvalue weighted by Crippen LogP contribution is 2.13. The minimum atomic E-state index is -0.227. The van der Waals surface area contributed by atoms with E-state index in [0.717, 1.165) is 18.4 Å². The molecule has 0 amide bonds. The van der Waals surface area contributed by atoms with Crippen LogP contribution in [0.4, 0.5) is 0 Å². The molecule has 0 aromatic carbocycles. The molecule has 1 unspecified atom stereocenters. The van der Waals surface area contributed by atoms with Crippen molar-refractivity contribution in [2.24, 2.45) is 0 Å². The topological polar surface area (TPSA) is 26.3 Å². The third-order valence-corrected chi connectivity index (χ3v) is 1.90. The van der Waals surface area contributed by atoms with Crippen molar-refractivity contribution in [1.29, 1.82) is 0 Å². The molecule has 0 aliphatic rings. The van der Waals surface area contributed by atoms with Crippen LogP contribution in [0.1, 0.15) is 33.6 Å². The Morgan fingerprint density at radius 1 is 1.54 bits per heavy atom. The Morgan fingerprint density at radius 2 is 2.15 bits per heavy atom. The molecule has 0 aromatic heterocycles. The highest BCUT2D eigenvalue weighted by molar-refractivity contribution is 5.66. The predicted octanol–water partition coefficient (Wildman–Crippen LogP) is 2.85. The third-order valence-electron chi connectivity index (χ3n) is 1.90. The molecule has 0 heterocycles. The molecule has 0 bridgehead atoms. The van der Waals surface area contributed by atoms with Gasteiger partial charge in [0.2, 0.25) is 0 Å². The van der Waals surface area contributed by atoms with E-state index >= 15 is 0 Å². The maximum Gasteiger partial charge on any atom is 0.303 e. The summed E-state index contributed by atoms with van der Waals surface area (Å²) < 4.78 is 5.15. The van der Waals surface area contributed by atoms with E-state index in [0.29, 0.717) is 0 Å². The fourth-order valence-corrected chi connectivity index (χ4v) is 1.03. The van der Waals surface area contributed by atoms with Crippen LogP contribution in [-0.2, 0) is 9.53 Å². The molecule has 0 aliphatic heterocycles. The summed E-state index contributed by atoms with van der Waals surface area (Å²) in [7, 11) is 0. The number of carbonyl (C=O) groups is 1. The lowest BCUT2D eigenvalue weighted by atomic mass is 10.1. The molecular formula is C11H18O2. The first kappa shape index (κ1) is 11.9. The van der Waals surface area contributed by atoms with Gasteiger partial charge in [-0.3, -0.25) is 4.79 Å². The van der Waals surface area contributed by atoms with Gasteiger partial charge in [0.15, 0.2) is 0 Å². The second kappa shape index (κ2) is 6.46. The van der Waals surface area contributed by atoms with Gasteiger partial charge < -0.3 is 4.74 Å². The lowest BCUT2D eigenvalue weighted by molar-refractivity contribution is -0.144. The van der Waals surface area contributed by atoms with Crippen LogP contribution in [0.25, 0.3) is 0 Å². The predicted molar refractivity (Wildman–Crippen MR) is 54.4 cm³/mol. The standard InChI is InChI=1S/C11H18O2/c1-5-7-8-11(9(3)6-2)13-10(4)12/h5-6,11H,1,7-8H2,2-4H3/b9-6+. The summed E-state index contributed by atoms with van der Waals surface area (Å²) in [6.07, 6.45) is 5.40.